The van der Waals surface area contributed by atoms with Crippen molar-refractivity contribution in [2.75, 3.05) is 92.8 Å². The molecule has 0 aliphatic carbocycles. The van der Waals surface area contributed by atoms with Crippen LogP contribution in [0.5, 0.6) is 0 Å². The Balaban J connectivity index is 0.836. The topological polar surface area (TPSA) is 148 Å². The zero-order chi connectivity index (χ0) is 57.0. The number of carbonyl (C=O) groups excluding carboxylic acids is 4. The lowest BCUT2D eigenvalue weighted by Crippen LogP contribution is -2.33. The normalized spacial score (nSPS) is 20.1. The van der Waals surface area contributed by atoms with Crippen molar-refractivity contribution in [2.45, 2.75) is 63.5 Å². The number of thioether (sulfide) groups is 2. The van der Waals surface area contributed by atoms with Crippen molar-refractivity contribution in [1.29, 1.82) is 0 Å². The van der Waals surface area contributed by atoms with Crippen molar-refractivity contribution in [3.8, 4) is 0 Å². The molecule has 2 amide bonds. The van der Waals surface area contributed by atoms with Gasteiger partial charge in [-0.15, -0.1) is 0 Å². The number of hydrogen-bond acceptors (Lipinski definition) is 14. The smallest absolute Gasteiger partial charge is 0.416 e. The Morgan fingerprint density at radius 2 is 0.949 bits per heavy atom. The first-order valence-corrected chi connectivity index (χ1v) is 26.1. The number of alkyl halides is 12. The fraction of sp³-hybridized carbons (Fsp3) is 0.520. The summed E-state index contributed by atoms with van der Waals surface area (Å²) in [6.45, 7) is 3.18. The summed E-state index contributed by atoms with van der Waals surface area (Å²) in [6, 6.07) is 3.34. The van der Waals surface area contributed by atoms with Crippen LogP contribution in [0.1, 0.15) is 59.1 Å². The van der Waals surface area contributed by atoms with E-state index in [0.717, 1.165) is 47.8 Å². The van der Waals surface area contributed by atoms with Crippen molar-refractivity contribution in [3.05, 3.63) is 104 Å². The van der Waals surface area contributed by atoms with Crippen LogP contribution in [0.25, 0.3) is 0 Å². The first kappa shape index (κ1) is 61.8. The van der Waals surface area contributed by atoms with E-state index in [-0.39, 0.29) is 85.0 Å². The molecule has 2 N–H and O–H groups in total. The predicted molar refractivity (Wildman–Crippen MR) is 268 cm³/mol. The van der Waals surface area contributed by atoms with Crippen LogP contribution in [0.15, 0.2) is 80.5 Å². The first-order chi connectivity index (χ1) is 36.6. The summed E-state index contributed by atoms with van der Waals surface area (Å²) in [5.74, 6) is -0.845. The Hall–Kier alpha value is -5.42. The van der Waals surface area contributed by atoms with Gasteiger partial charge in [0.05, 0.1) is 45.2 Å². The summed E-state index contributed by atoms with van der Waals surface area (Å²) < 4.78 is 171. The van der Waals surface area contributed by atoms with Crippen LogP contribution in [0.2, 0.25) is 0 Å². The lowest BCUT2D eigenvalue weighted by molar-refractivity contribution is -0.145. The minimum atomic E-state index is -4.96. The van der Waals surface area contributed by atoms with E-state index in [2.05, 4.69) is 20.6 Å². The van der Waals surface area contributed by atoms with E-state index in [0.29, 0.717) is 112 Å². The van der Waals surface area contributed by atoms with E-state index in [1.807, 2.05) is 22.0 Å². The molecule has 4 fully saturated rings. The van der Waals surface area contributed by atoms with Crippen molar-refractivity contribution in [3.63, 3.8) is 0 Å². The van der Waals surface area contributed by atoms with E-state index < -0.39 is 58.9 Å². The van der Waals surface area contributed by atoms with Crippen molar-refractivity contribution >= 4 is 57.6 Å². The van der Waals surface area contributed by atoms with Gasteiger partial charge in [-0.2, -0.15) is 52.7 Å². The second-order valence-corrected chi connectivity index (χ2v) is 20.8. The molecule has 0 spiro atoms. The van der Waals surface area contributed by atoms with E-state index in [4.69, 9.17) is 9.47 Å². The third-order valence-corrected chi connectivity index (χ3v) is 14.6. The minimum absolute atomic E-state index is 0.0131. The number of likely N-dealkylation sites (N-methyl/N-ethyl adjacent to an activating group) is 2. The molecule has 2 aromatic carbocycles. The third kappa shape index (κ3) is 19.1. The van der Waals surface area contributed by atoms with Crippen LogP contribution >= 0.6 is 23.5 Å². The lowest BCUT2D eigenvalue weighted by atomic mass is 9.95. The van der Waals surface area contributed by atoms with Gasteiger partial charge in [0.15, 0.2) is 0 Å². The number of esters is 2. The minimum Gasteiger partial charge on any atom is -0.461 e. The van der Waals surface area contributed by atoms with Gasteiger partial charge in [0.1, 0.15) is 24.9 Å². The maximum absolute atomic E-state index is 13.7. The Bertz CT molecular complexity index is 2450. The molecule has 78 heavy (non-hydrogen) atoms. The molecule has 0 atom stereocenters. The molecule has 0 bridgehead atoms. The molecule has 14 nitrogen and oxygen atoms in total. The van der Waals surface area contributed by atoms with Gasteiger partial charge in [-0.1, -0.05) is 24.3 Å². The molecule has 0 aromatic heterocycles. The standard InChI is InChI=1S/C50H56F12N8O6S2/c1-67(19-13-63-43-39(77-45(73)65-43)25-31-9-15-69(16-10-31)29-33-3-5-35(47(51,52)53)27-37(33)49(57,58)59)21-23-75-41(71)7-8-42(72)76-24-22-68(2)20-14-64-44-40(78-46(74)66-44)26-32-11-17-70(18-12-32)30-34-4-6-36(48(54,55)56)28-38(34)50(60,61)62/h3-8,25-28,31-32H,9-24,29-30H2,1-2H3,(H,63,65,73)(H,64,66,74)/b8-7+,39-25?,40-26?. The number of halogens is 12. The SMILES string of the molecule is CN(CCN=C1NC(=O)SC1=CC1CCN(Cc2ccc(C(F)(F)F)cc2C(F)(F)F)CC1)CCOC(=O)/C=C/C(=O)OCCN(C)CCN=C1NC(=O)SC1=CC1CCN(Cc2ccc(C(F)(F)F)cc2C(F)(F)F)CC1. The fourth-order valence-corrected chi connectivity index (χ4v) is 10.3. The lowest BCUT2D eigenvalue weighted by Gasteiger charge is -2.31. The number of nitrogens with one attached hydrogen (secondary N) is 2. The number of nitrogens with zero attached hydrogens (tertiary/aromatic N) is 6. The molecule has 4 aliphatic rings. The molecule has 428 valence electrons. The Kier molecular flexibility index (Phi) is 21.5. The number of aliphatic imine (C=N–C) groups is 2. The number of likely N-dealkylation sites (tertiary alicyclic amines) is 2. The predicted octanol–water partition coefficient (Wildman–Crippen LogP) is 9.87. The Morgan fingerprint density at radius 1 is 0.590 bits per heavy atom. The van der Waals surface area contributed by atoms with Crippen LogP contribution < -0.4 is 10.6 Å². The number of piperidine rings is 2. The summed E-state index contributed by atoms with van der Waals surface area (Å²) in [5, 5.41) is 4.76. The third-order valence-electron chi connectivity index (χ3n) is 12.9. The number of amidine groups is 2. The van der Waals surface area contributed by atoms with Crippen molar-refractivity contribution in [1.82, 2.24) is 30.2 Å². The zero-order valence-electron chi connectivity index (χ0n) is 42.1. The van der Waals surface area contributed by atoms with Crippen LogP contribution in [0.3, 0.4) is 0 Å². The maximum atomic E-state index is 13.7. The van der Waals surface area contributed by atoms with E-state index in [1.54, 1.807) is 23.9 Å². The van der Waals surface area contributed by atoms with Gasteiger partial charge in [0.2, 0.25) is 0 Å². The summed E-state index contributed by atoms with van der Waals surface area (Å²) in [7, 11) is 3.53. The van der Waals surface area contributed by atoms with Gasteiger partial charge in [-0.05, 0) is 137 Å². The van der Waals surface area contributed by atoms with Crippen molar-refractivity contribution in [2.24, 2.45) is 21.8 Å². The van der Waals surface area contributed by atoms with E-state index in [9.17, 15) is 71.9 Å². The summed E-state index contributed by atoms with van der Waals surface area (Å²) in [5.41, 5.74) is -5.86. The highest BCUT2D eigenvalue weighted by atomic mass is 32.2. The number of ether oxygens (including phenoxy) is 2. The zero-order valence-corrected chi connectivity index (χ0v) is 43.8. The molecule has 4 aliphatic heterocycles. The highest BCUT2D eigenvalue weighted by Crippen LogP contribution is 2.40. The van der Waals surface area contributed by atoms with Crippen molar-refractivity contribution < 1.29 is 81.3 Å². The van der Waals surface area contributed by atoms with Crippen LogP contribution in [0, 0.1) is 11.8 Å². The summed E-state index contributed by atoms with van der Waals surface area (Å²) >= 11 is 1.93. The molecule has 6 rings (SSSR count). The molecule has 4 heterocycles. The van der Waals surface area contributed by atoms with Gasteiger partial charge in [0, 0.05) is 51.4 Å². The quantitative estimate of drug-likeness (QED) is 0.0739. The monoisotopic (exact) mass is 1160 g/mol. The molecule has 28 heteroatoms. The van der Waals surface area contributed by atoms with E-state index >= 15 is 0 Å². The number of carbonyl (C=O) groups is 4. The number of amides is 2. The summed E-state index contributed by atoms with van der Waals surface area (Å²) in [4.78, 5) is 66.4. The largest absolute Gasteiger partial charge is 0.461 e. The molecule has 2 aromatic rings. The average Bonchev–Trinajstić information content (AvgIpc) is 3.90. The van der Waals surface area contributed by atoms with E-state index in [1.165, 1.54) is 0 Å². The summed E-state index contributed by atoms with van der Waals surface area (Å²) in [6.07, 6.45) is -11.9. The maximum Gasteiger partial charge on any atom is 0.416 e. The highest BCUT2D eigenvalue weighted by Gasteiger charge is 2.40. The van der Waals surface area contributed by atoms with Crippen LogP contribution in [-0.2, 0) is 56.9 Å². The molecule has 0 radical (unpaired) electrons. The molecule has 0 saturated carbocycles. The molecular formula is C50H56F12N8O6S2. The Labute approximate surface area is 449 Å². The second-order valence-electron chi connectivity index (χ2n) is 18.8. The average molecular weight is 1160 g/mol. The van der Waals surface area contributed by atoms with Gasteiger partial charge in [0.25, 0.3) is 10.5 Å². The first-order valence-electron chi connectivity index (χ1n) is 24.5. The number of rotatable bonds is 20. The van der Waals surface area contributed by atoms with Gasteiger partial charge in [-0.25, -0.2) is 9.59 Å². The van der Waals surface area contributed by atoms with Gasteiger partial charge in [-0.3, -0.25) is 29.4 Å². The fourth-order valence-electron chi connectivity index (χ4n) is 8.62. The second kappa shape index (κ2) is 27.2. The van der Waals surface area contributed by atoms with Gasteiger partial charge >= 0.3 is 36.6 Å². The van der Waals surface area contributed by atoms with Crippen LogP contribution in [-0.4, -0.2) is 146 Å². The van der Waals surface area contributed by atoms with Crippen LogP contribution in [0.4, 0.5) is 62.3 Å². The molecular weight excluding hydrogens is 1100 g/mol. The Morgan fingerprint density at radius 3 is 1.28 bits per heavy atom. The number of allylic oxidation sites excluding steroid dienone is 2. The highest BCUT2D eigenvalue weighted by molar-refractivity contribution is 8.18. The van der Waals surface area contributed by atoms with Gasteiger partial charge < -0.3 is 29.9 Å². The number of benzene rings is 2. The molecule has 4 saturated heterocycles. The number of hydrogen-bond donors (Lipinski definition) is 2. The molecule has 0 unspecified atom stereocenters.